The molecule has 26 heavy (non-hydrogen) atoms. The van der Waals surface area contributed by atoms with E-state index >= 15 is 0 Å². The van der Waals surface area contributed by atoms with Crippen molar-refractivity contribution in [2.75, 3.05) is 18.4 Å². The molecule has 1 heterocycles. The number of benzene rings is 2. The standard InChI is InChI=1S/C22H27ClN2O/c1-16(2)20-8-3-4-9-21(20)24-22(26)18-10-12-25(13-11-18)15-17-6-5-7-19(23)14-17/h3-9,14,16,18H,10-13,15H2,1-2H3,(H,24,26). The third kappa shape index (κ3) is 4.87. The molecule has 1 saturated heterocycles. The highest BCUT2D eigenvalue weighted by molar-refractivity contribution is 6.30. The fraction of sp³-hybridized carbons (Fsp3) is 0.409. The molecule has 2 aromatic carbocycles. The van der Waals surface area contributed by atoms with Crippen molar-refractivity contribution >= 4 is 23.2 Å². The fourth-order valence-corrected chi connectivity index (χ4v) is 3.81. The SMILES string of the molecule is CC(C)c1ccccc1NC(=O)C1CCN(Cc2cccc(Cl)c2)CC1. The number of halogens is 1. The minimum Gasteiger partial charge on any atom is -0.326 e. The first-order chi connectivity index (χ1) is 12.5. The Kier molecular flexibility index (Phi) is 6.33. The second kappa shape index (κ2) is 8.70. The van der Waals surface area contributed by atoms with Crippen LogP contribution in [0.4, 0.5) is 5.69 Å². The van der Waals surface area contributed by atoms with Crippen LogP contribution in [0.2, 0.25) is 5.02 Å². The summed E-state index contributed by atoms with van der Waals surface area (Å²) in [4.78, 5) is 15.1. The van der Waals surface area contributed by atoms with E-state index in [-0.39, 0.29) is 11.8 Å². The number of likely N-dealkylation sites (tertiary alicyclic amines) is 1. The molecule has 0 aromatic heterocycles. The average molecular weight is 371 g/mol. The maximum absolute atomic E-state index is 12.7. The quantitative estimate of drug-likeness (QED) is 0.773. The Morgan fingerprint density at radius 1 is 1.15 bits per heavy atom. The molecule has 0 atom stereocenters. The number of nitrogens with one attached hydrogen (secondary N) is 1. The highest BCUT2D eigenvalue weighted by atomic mass is 35.5. The summed E-state index contributed by atoms with van der Waals surface area (Å²) in [5, 5.41) is 3.94. The van der Waals surface area contributed by atoms with Gasteiger partial charge in [-0.15, -0.1) is 0 Å². The van der Waals surface area contributed by atoms with Crippen LogP contribution >= 0.6 is 11.6 Å². The lowest BCUT2D eigenvalue weighted by atomic mass is 9.94. The van der Waals surface area contributed by atoms with Gasteiger partial charge in [0.1, 0.15) is 0 Å². The van der Waals surface area contributed by atoms with Gasteiger partial charge in [-0.1, -0.05) is 55.8 Å². The number of rotatable bonds is 5. The fourth-order valence-electron chi connectivity index (χ4n) is 3.60. The molecule has 0 saturated carbocycles. The average Bonchev–Trinajstić information content (AvgIpc) is 2.62. The molecule has 0 radical (unpaired) electrons. The third-order valence-electron chi connectivity index (χ3n) is 5.09. The topological polar surface area (TPSA) is 32.3 Å². The van der Waals surface area contributed by atoms with Crippen molar-refractivity contribution in [1.29, 1.82) is 0 Å². The van der Waals surface area contributed by atoms with Gasteiger partial charge in [-0.05, 0) is 61.2 Å². The van der Waals surface area contributed by atoms with Crippen LogP contribution in [-0.4, -0.2) is 23.9 Å². The zero-order valence-electron chi connectivity index (χ0n) is 15.5. The summed E-state index contributed by atoms with van der Waals surface area (Å²) in [5.41, 5.74) is 3.37. The predicted molar refractivity (Wildman–Crippen MR) is 109 cm³/mol. The van der Waals surface area contributed by atoms with E-state index < -0.39 is 0 Å². The van der Waals surface area contributed by atoms with Gasteiger partial charge in [-0.2, -0.15) is 0 Å². The van der Waals surface area contributed by atoms with E-state index in [0.29, 0.717) is 5.92 Å². The number of carbonyl (C=O) groups is 1. The molecular formula is C22H27ClN2O. The summed E-state index contributed by atoms with van der Waals surface area (Å²) >= 11 is 6.07. The molecule has 0 aliphatic carbocycles. The molecule has 138 valence electrons. The molecule has 4 heteroatoms. The van der Waals surface area contributed by atoms with E-state index in [0.717, 1.165) is 43.2 Å². The van der Waals surface area contributed by atoms with Gasteiger partial charge in [0.25, 0.3) is 0 Å². The Morgan fingerprint density at radius 2 is 1.88 bits per heavy atom. The first-order valence-electron chi connectivity index (χ1n) is 9.39. The van der Waals surface area contributed by atoms with Gasteiger partial charge in [0.2, 0.25) is 5.91 Å². The van der Waals surface area contributed by atoms with Crippen LogP contribution in [0, 0.1) is 5.92 Å². The summed E-state index contributed by atoms with van der Waals surface area (Å²) in [7, 11) is 0. The Bertz CT molecular complexity index is 751. The molecule has 3 rings (SSSR count). The Balaban J connectivity index is 1.54. The highest BCUT2D eigenvalue weighted by Crippen LogP contribution is 2.26. The van der Waals surface area contributed by atoms with E-state index in [2.05, 4.69) is 36.2 Å². The van der Waals surface area contributed by atoms with Gasteiger partial charge >= 0.3 is 0 Å². The van der Waals surface area contributed by atoms with Crippen molar-refractivity contribution in [1.82, 2.24) is 4.90 Å². The monoisotopic (exact) mass is 370 g/mol. The number of hydrogen-bond donors (Lipinski definition) is 1. The van der Waals surface area contributed by atoms with E-state index in [1.165, 1.54) is 11.1 Å². The van der Waals surface area contributed by atoms with Gasteiger partial charge in [0.15, 0.2) is 0 Å². The van der Waals surface area contributed by atoms with Crippen LogP contribution in [0.3, 0.4) is 0 Å². The third-order valence-corrected chi connectivity index (χ3v) is 5.33. The normalized spacial score (nSPS) is 16.0. The lowest BCUT2D eigenvalue weighted by Crippen LogP contribution is -2.37. The smallest absolute Gasteiger partial charge is 0.227 e. The molecule has 1 amide bonds. The van der Waals surface area contributed by atoms with Crippen LogP contribution < -0.4 is 5.32 Å². The number of amides is 1. The van der Waals surface area contributed by atoms with Gasteiger partial charge < -0.3 is 5.32 Å². The lowest BCUT2D eigenvalue weighted by Gasteiger charge is -2.31. The van der Waals surface area contributed by atoms with Crippen molar-refractivity contribution in [3.63, 3.8) is 0 Å². The number of nitrogens with zero attached hydrogens (tertiary/aromatic N) is 1. The molecule has 1 fully saturated rings. The minimum absolute atomic E-state index is 0.0887. The minimum atomic E-state index is 0.0887. The van der Waals surface area contributed by atoms with E-state index in [4.69, 9.17) is 11.6 Å². The second-order valence-electron chi connectivity index (χ2n) is 7.41. The molecular weight excluding hydrogens is 344 g/mol. The number of carbonyl (C=O) groups excluding carboxylic acids is 1. The van der Waals surface area contributed by atoms with E-state index in [1.54, 1.807) is 0 Å². The zero-order chi connectivity index (χ0) is 18.5. The molecule has 1 aliphatic rings. The number of piperidine rings is 1. The van der Waals surface area contributed by atoms with Crippen molar-refractivity contribution in [3.05, 3.63) is 64.7 Å². The van der Waals surface area contributed by atoms with Gasteiger partial charge in [-0.25, -0.2) is 0 Å². The predicted octanol–water partition coefficient (Wildman–Crippen LogP) is 5.31. The molecule has 0 bridgehead atoms. The van der Waals surface area contributed by atoms with Crippen LogP contribution in [0.1, 0.15) is 43.7 Å². The van der Waals surface area contributed by atoms with E-state index in [1.807, 2.05) is 36.4 Å². The Labute approximate surface area is 161 Å². The van der Waals surface area contributed by atoms with Crippen LogP contribution in [0.5, 0.6) is 0 Å². The maximum Gasteiger partial charge on any atom is 0.227 e. The van der Waals surface area contributed by atoms with E-state index in [9.17, 15) is 4.79 Å². The van der Waals surface area contributed by atoms with Crippen molar-refractivity contribution < 1.29 is 4.79 Å². The van der Waals surface area contributed by atoms with Crippen LogP contribution in [0.15, 0.2) is 48.5 Å². The van der Waals surface area contributed by atoms with Crippen molar-refractivity contribution in [2.45, 2.75) is 39.2 Å². The summed E-state index contributed by atoms with van der Waals surface area (Å²) in [6, 6.07) is 16.1. The molecule has 1 N–H and O–H groups in total. The van der Waals surface area contributed by atoms with Gasteiger partial charge in [0, 0.05) is 23.2 Å². The highest BCUT2D eigenvalue weighted by Gasteiger charge is 2.25. The van der Waals surface area contributed by atoms with Gasteiger partial charge in [0.05, 0.1) is 0 Å². The van der Waals surface area contributed by atoms with Gasteiger partial charge in [-0.3, -0.25) is 9.69 Å². The lowest BCUT2D eigenvalue weighted by molar-refractivity contribution is -0.121. The molecule has 1 aliphatic heterocycles. The molecule has 0 unspecified atom stereocenters. The second-order valence-corrected chi connectivity index (χ2v) is 7.85. The molecule has 2 aromatic rings. The largest absolute Gasteiger partial charge is 0.326 e. The summed E-state index contributed by atoms with van der Waals surface area (Å²) in [6.07, 6.45) is 1.80. The first-order valence-corrected chi connectivity index (χ1v) is 9.77. The van der Waals surface area contributed by atoms with Crippen molar-refractivity contribution in [3.8, 4) is 0 Å². The number of anilines is 1. The zero-order valence-corrected chi connectivity index (χ0v) is 16.3. The molecule has 0 spiro atoms. The summed E-state index contributed by atoms with van der Waals surface area (Å²) in [5.74, 6) is 0.636. The number of para-hydroxylation sites is 1. The Hall–Kier alpha value is -1.84. The van der Waals surface area contributed by atoms with Crippen LogP contribution in [0.25, 0.3) is 0 Å². The molecule has 3 nitrogen and oxygen atoms in total. The summed E-state index contributed by atoms with van der Waals surface area (Å²) in [6.45, 7) is 7.08. The van der Waals surface area contributed by atoms with Crippen LogP contribution in [-0.2, 0) is 11.3 Å². The van der Waals surface area contributed by atoms with Crippen molar-refractivity contribution in [2.24, 2.45) is 5.92 Å². The first kappa shape index (κ1) is 18.9. The Morgan fingerprint density at radius 3 is 2.58 bits per heavy atom. The summed E-state index contributed by atoms with van der Waals surface area (Å²) < 4.78 is 0. The number of hydrogen-bond acceptors (Lipinski definition) is 2. The maximum atomic E-state index is 12.7.